The lowest BCUT2D eigenvalue weighted by Crippen LogP contribution is -2.15. The number of hydrogen-bond donors (Lipinski definition) is 1. The summed E-state index contributed by atoms with van der Waals surface area (Å²) in [6, 6.07) is 5.83. The topological polar surface area (TPSA) is 32.7 Å². The fourth-order valence-electron chi connectivity index (χ4n) is 1.66. The Balaban J connectivity index is 2.49. The number of benzene rings is 1. The minimum absolute atomic E-state index is 0.420. The van der Waals surface area contributed by atoms with Gasteiger partial charge in [0.25, 0.3) is 0 Å². The molecule has 0 radical (unpaired) electrons. The number of aliphatic hydroxyl groups is 1. The first kappa shape index (κ1) is 14.0. The molecule has 3 nitrogen and oxygen atoms in total. The maximum Gasteiger partial charge on any atom is 0.122 e. The van der Waals surface area contributed by atoms with E-state index in [0.717, 1.165) is 36.4 Å². The first-order valence-corrected chi connectivity index (χ1v) is 6.07. The summed E-state index contributed by atoms with van der Waals surface area (Å²) in [6.45, 7) is 5.54. The molecule has 1 aromatic carbocycles. The van der Waals surface area contributed by atoms with Gasteiger partial charge in [0.1, 0.15) is 5.75 Å². The van der Waals surface area contributed by atoms with E-state index in [-0.39, 0.29) is 0 Å². The van der Waals surface area contributed by atoms with Crippen LogP contribution in [0.2, 0.25) is 0 Å². The summed E-state index contributed by atoms with van der Waals surface area (Å²) < 4.78 is 5.71. The van der Waals surface area contributed by atoms with Gasteiger partial charge in [-0.05, 0) is 57.6 Å². The minimum Gasteiger partial charge on any atom is -0.493 e. The van der Waals surface area contributed by atoms with E-state index in [4.69, 9.17) is 4.74 Å². The van der Waals surface area contributed by atoms with E-state index in [9.17, 15) is 5.11 Å². The highest BCUT2D eigenvalue weighted by molar-refractivity contribution is 5.36. The summed E-state index contributed by atoms with van der Waals surface area (Å²) in [7, 11) is 4.12. The van der Waals surface area contributed by atoms with Crippen molar-refractivity contribution in [3.8, 4) is 5.75 Å². The SMILES string of the molecule is Cc1cc([C@@H](C)O)ccc1OCCCN(C)C. The van der Waals surface area contributed by atoms with E-state index in [1.807, 2.05) is 25.1 Å². The molecule has 1 rings (SSSR count). The predicted molar refractivity (Wildman–Crippen MR) is 70.5 cm³/mol. The van der Waals surface area contributed by atoms with Crippen LogP contribution in [0.3, 0.4) is 0 Å². The first-order valence-electron chi connectivity index (χ1n) is 6.07. The van der Waals surface area contributed by atoms with Crippen LogP contribution >= 0.6 is 0 Å². The quantitative estimate of drug-likeness (QED) is 0.771. The van der Waals surface area contributed by atoms with Gasteiger partial charge in [-0.3, -0.25) is 0 Å². The summed E-state index contributed by atoms with van der Waals surface area (Å²) in [6.07, 6.45) is 0.599. The van der Waals surface area contributed by atoms with E-state index in [0.29, 0.717) is 0 Å². The van der Waals surface area contributed by atoms with Gasteiger partial charge in [-0.2, -0.15) is 0 Å². The van der Waals surface area contributed by atoms with Crippen molar-refractivity contribution in [1.29, 1.82) is 0 Å². The average molecular weight is 237 g/mol. The molecule has 1 aromatic rings. The van der Waals surface area contributed by atoms with Crippen molar-refractivity contribution in [2.45, 2.75) is 26.4 Å². The molecular formula is C14H23NO2. The molecule has 0 saturated carbocycles. The normalized spacial score (nSPS) is 12.8. The Kier molecular flexibility index (Phi) is 5.45. The molecule has 0 fully saturated rings. The molecular weight excluding hydrogens is 214 g/mol. The van der Waals surface area contributed by atoms with Crippen LogP contribution in [0.15, 0.2) is 18.2 Å². The molecule has 0 bridgehead atoms. The lowest BCUT2D eigenvalue weighted by atomic mass is 10.1. The van der Waals surface area contributed by atoms with Crippen molar-refractivity contribution in [2.75, 3.05) is 27.2 Å². The highest BCUT2D eigenvalue weighted by Crippen LogP contribution is 2.22. The van der Waals surface area contributed by atoms with E-state index < -0.39 is 6.10 Å². The highest BCUT2D eigenvalue weighted by atomic mass is 16.5. The molecule has 1 N–H and O–H groups in total. The molecule has 17 heavy (non-hydrogen) atoms. The van der Waals surface area contributed by atoms with Crippen molar-refractivity contribution in [2.24, 2.45) is 0 Å². The molecule has 0 unspecified atom stereocenters. The van der Waals surface area contributed by atoms with E-state index in [1.165, 1.54) is 0 Å². The van der Waals surface area contributed by atoms with Gasteiger partial charge in [-0.1, -0.05) is 6.07 Å². The lowest BCUT2D eigenvalue weighted by molar-refractivity contribution is 0.199. The summed E-state index contributed by atoms with van der Waals surface area (Å²) >= 11 is 0. The Labute approximate surface area is 104 Å². The van der Waals surface area contributed by atoms with E-state index in [1.54, 1.807) is 6.92 Å². The maximum atomic E-state index is 9.47. The number of nitrogens with zero attached hydrogens (tertiary/aromatic N) is 1. The Hall–Kier alpha value is -1.06. The van der Waals surface area contributed by atoms with Crippen molar-refractivity contribution in [3.05, 3.63) is 29.3 Å². The molecule has 1 atom stereocenters. The fourth-order valence-corrected chi connectivity index (χ4v) is 1.66. The van der Waals surface area contributed by atoms with Crippen molar-refractivity contribution >= 4 is 0 Å². The smallest absolute Gasteiger partial charge is 0.122 e. The van der Waals surface area contributed by atoms with Gasteiger partial charge in [0.2, 0.25) is 0 Å². The second-order valence-corrected chi connectivity index (χ2v) is 4.71. The Morgan fingerprint density at radius 3 is 2.59 bits per heavy atom. The van der Waals surface area contributed by atoms with Crippen LogP contribution in [0.4, 0.5) is 0 Å². The fraction of sp³-hybridized carbons (Fsp3) is 0.571. The average Bonchev–Trinajstić information content (AvgIpc) is 2.25. The van der Waals surface area contributed by atoms with Gasteiger partial charge in [-0.15, -0.1) is 0 Å². The maximum absolute atomic E-state index is 9.47. The molecule has 0 spiro atoms. The monoisotopic (exact) mass is 237 g/mol. The summed E-state index contributed by atoms with van der Waals surface area (Å²) in [5.74, 6) is 0.910. The Morgan fingerprint density at radius 1 is 1.35 bits per heavy atom. The van der Waals surface area contributed by atoms with Gasteiger partial charge in [0, 0.05) is 6.54 Å². The molecule has 3 heteroatoms. The van der Waals surface area contributed by atoms with Gasteiger partial charge in [0.05, 0.1) is 12.7 Å². The van der Waals surface area contributed by atoms with Crippen LogP contribution in [0.25, 0.3) is 0 Å². The van der Waals surface area contributed by atoms with Gasteiger partial charge < -0.3 is 14.7 Å². The van der Waals surface area contributed by atoms with Crippen LogP contribution in [0, 0.1) is 6.92 Å². The molecule has 0 aliphatic carbocycles. The second kappa shape index (κ2) is 6.62. The van der Waals surface area contributed by atoms with Crippen LogP contribution in [0.1, 0.15) is 30.6 Å². The zero-order valence-electron chi connectivity index (χ0n) is 11.2. The number of hydrogen-bond acceptors (Lipinski definition) is 3. The molecule has 0 heterocycles. The van der Waals surface area contributed by atoms with Crippen molar-refractivity contribution in [3.63, 3.8) is 0 Å². The third-order valence-electron chi connectivity index (χ3n) is 2.69. The Bertz CT molecular complexity index is 348. The molecule has 0 aliphatic heterocycles. The summed E-state index contributed by atoms with van der Waals surface area (Å²) in [5, 5.41) is 9.47. The van der Waals surface area contributed by atoms with Gasteiger partial charge in [-0.25, -0.2) is 0 Å². The van der Waals surface area contributed by atoms with Crippen molar-refractivity contribution < 1.29 is 9.84 Å². The summed E-state index contributed by atoms with van der Waals surface area (Å²) in [4.78, 5) is 2.15. The largest absolute Gasteiger partial charge is 0.493 e. The second-order valence-electron chi connectivity index (χ2n) is 4.71. The minimum atomic E-state index is -0.420. The van der Waals surface area contributed by atoms with E-state index in [2.05, 4.69) is 19.0 Å². The van der Waals surface area contributed by atoms with E-state index >= 15 is 0 Å². The van der Waals surface area contributed by atoms with Crippen LogP contribution in [-0.4, -0.2) is 37.3 Å². The predicted octanol–water partition coefficient (Wildman–Crippen LogP) is 2.38. The van der Waals surface area contributed by atoms with Crippen molar-refractivity contribution in [1.82, 2.24) is 4.90 Å². The van der Waals surface area contributed by atoms with Crippen LogP contribution in [-0.2, 0) is 0 Å². The number of aliphatic hydroxyl groups excluding tert-OH is 1. The summed E-state index contributed by atoms with van der Waals surface area (Å²) in [5.41, 5.74) is 2.01. The molecule has 96 valence electrons. The lowest BCUT2D eigenvalue weighted by Gasteiger charge is -2.13. The molecule has 0 aromatic heterocycles. The third kappa shape index (κ3) is 4.75. The molecule has 0 amide bonds. The highest BCUT2D eigenvalue weighted by Gasteiger charge is 2.05. The molecule has 0 saturated heterocycles. The first-order chi connectivity index (χ1) is 8.00. The number of aryl methyl sites for hydroxylation is 1. The number of ether oxygens (including phenoxy) is 1. The zero-order chi connectivity index (χ0) is 12.8. The number of rotatable bonds is 6. The zero-order valence-corrected chi connectivity index (χ0v) is 11.2. The standard InChI is InChI=1S/C14H23NO2/c1-11-10-13(12(2)16)6-7-14(11)17-9-5-8-15(3)4/h6-7,10,12,16H,5,8-9H2,1-4H3/t12-/m1/s1. The Morgan fingerprint density at radius 2 is 2.06 bits per heavy atom. The van der Waals surface area contributed by atoms with Crippen LogP contribution < -0.4 is 4.74 Å². The third-order valence-corrected chi connectivity index (χ3v) is 2.69. The van der Waals surface area contributed by atoms with Gasteiger partial charge >= 0.3 is 0 Å². The van der Waals surface area contributed by atoms with Gasteiger partial charge in [0.15, 0.2) is 0 Å². The van der Waals surface area contributed by atoms with Crippen LogP contribution in [0.5, 0.6) is 5.75 Å². The molecule has 0 aliphatic rings.